The maximum atomic E-state index is 12.8. The molecule has 1 aromatic carbocycles. The molecule has 0 aliphatic carbocycles. The number of carbonyl (C=O) groups excluding carboxylic acids is 1. The topological polar surface area (TPSA) is 95.5 Å². The fourth-order valence-corrected chi connectivity index (χ4v) is 5.11. The van der Waals surface area contributed by atoms with Crippen molar-refractivity contribution in [1.29, 1.82) is 0 Å². The van der Waals surface area contributed by atoms with Gasteiger partial charge in [-0.25, -0.2) is 23.1 Å². The van der Waals surface area contributed by atoms with Crippen LogP contribution < -0.4 is 9.62 Å². The van der Waals surface area contributed by atoms with Gasteiger partial charge in [-0.2, -0.15) is 0 Å². The molecule has 0 bridgehead atoms. The Labute approximate surface area is 185 Å². The van der Waals surface area contributed by atoms with E-state index in [9.17, 15) is 13.2 Å². The second-order valence-electron chi connectivity index (χ2n) is 7.08. The number of sulfonamides is 1. The number of hydrogen-bond donors (Lipinski definition) is 1. The van der Waals surface area contributed by atoms with Gasteiger partial charge in [0.25, 0.3) is 5.91 Å². The highest BCUT2D eigenvalue weighted by molar-refractivity contribution is 7.89. The quantitative estimate of drug-likeness (QED) is 0.583. The van der Waals surface area contributed by atoms with Crippen molar-refractivity contribution in [3.05, 3.63) is 70.7 Å². The van der Waals surface area contributed by atoms with Gasteiger partial charge in [0.2, 0.25) is 16.0 Å². The molecule has 0 saturated carbocycles. The molecule has 1 aliphatic rings. The minimum atomic E-state index is -3.61. The van der Waals surface area contributed by atoms with Crippen LogP contribution in [-0.2, 0) is 16.4 Å². The third-order valence-corrected chi connectivity index (χ3v) is 7.47. The zero-order valence-corrected chi connectivity index (χ0v) is 18.5. The average molecular weight is 458 g/mol. The molecule has 0 unspecified atom stereocenters. The van der Waals surface area contributed by atoms with Gasteiger partial charge >= 0.3 is 0 Å². The smallest absolute Gasteiger partial charge is 0.253 e. The summed E-state index contributed by atoms with van der Waals surface area (Å²) in [6, 6.07) is 11.8. The van der Waals surface area contributed by atoms with E-state index in [2.05, 4.69) is 14.7 Å². The maximum absolute atomic E-state index is 12.8. The van der Waals surface area contributed by atoms with Gasteiger partial charge in [0.15, 0.2) is 0 Å². The number of aromatic nitrogens is 2. The molecule has 1 N–H and O–H groups in total. The first kappa shape index (κ1) is 21.4. The monoisotopic (exact) mass is 457 g/mol. The van der Waals surface area contributed by atoms with Gasteiger partial charge in [-0.05, 0) is 48.2 Å². The Bertz CT molecular complexity index is 1100. The highest BCUT2D eigenvalue weighted by Gasteiger charge is 2.24. The van der Waals surface area contributed by atoms with Gasteiger partial charge in [0.05, 0.1) is 4.90 Å². The second kappa shape index (κ2) is 9.54. The Morgan fingerprint density at radius 1 is 1.00 bits per heavy atom. The van der Waals surface area contributed by atoms with Crippen molar-refractivity contribution in [1.82, 2.24) is 19.6 Å². The van der Waals surface area contributed by atoms with Crippen LogP contribution >= 0.6 is 11.3 Å². The van der Waals surface area contributed by atoms with E-state index < -0.39 is 10.0 Å². The SMILES string of the molecule is O=C(c1ccc(S(=O)(=O)NCCc2cccs2)cc1)N1CCN(c2ncccn2)CC1. The highest BCUT2D eigenvalue weighted by Crippen LogP contribution is 2.16. The molecule has 0 spiro atoms. The number of nitrogens with one attached hydrogen (secondary N) is 1. The normalized spacial score (nSPS) is 14.6. The minimum absolute atomic E-state index is 0.108. The van der Waals surface area contributed by atoms with E-state index in [1.807, 2.05) is 22.4 Å². The Morgan fingerprint density at radius 3 is 2.35 bits per heavy atom. The molecule has 1 saturated heterocycles. The summed E-state index contributed by atoms with van der Waals surface area (Å²) >= 11 is 1.60. The molecule has 3 aromatic rings. The van der Waals surface area contributed by atoms with E-state index in [4.69, 9.17) is 0 Å². The molecule has 4 rings (SSSR count). The molecule has 3 heterocycles. The van der Waals surface area contributed by atoms with Crippen molar-refractivity contribution >= 4 is 33.2 Å². The van der Waals surface area contributed by atoms with E-state index in [0.29, 0.717) is 50.7 Å². The Hall–Kier alpha value is -2.82. The molecule has 31 heavy (non-hydrogen) atoms. The summed E-state index contributed by atoms with van der Waals surface area (Å²) < 4.78 is 27.6. The van der Waals surface area contributed by atoms with E-state index >= 15 is 0 Å². The molecule has 10 heteroatoms. The van der Waals surface area contributed by atoms with Crippen LogP contribution in [0.25, 0.3) is 0 Å². The van der Waals surface area contributed by atoms with Crippen LogP contribution in [0.15, 0.2) is 65.1 Å². The number of nitrogens with zero attached hydrogens (tertiary/aromatic N) is 4. The van der Waals surface area contributed by atoms with Crippen LogP contribution in [0.4, 0.5) is 5.95 Å². The third-order valence-electron chi connectivity index (χ3n) is 5.06. The van der Waals surface area contributed by atoms with Gasteiger partial charge < -0.3 is 9.80 Å². The average Bonchev–Trinajstić information content (AvgIpc) is 3.33. The van der Waals surface area contributed by atoms with Crippen LogP contribution in [0.3, 0.4) is 0 Å². The van der Waals surface area contributed by atoms with E-state index in [1.54, 1.807) is 46.8 Å². The summed E-state index contributed by atoms with van der Waals surface area (Å²) in [5, 5.41) is 1.97. The predicted octanol–water partition coefficient (Wildman–Crippen LogP) is 2.02. The summed E-state index contributed by atoms with van der Waals surface area (Å²) in [7, 11) is -3.61. The van der Waals surface area contributed by atoms with Crippen LogP contribution in [-0.4, -0.2) is 61.9 Å². The maximum Gasteiger partial charge on any atom is 0.253 e. The lowest BCUT2D eigenvalue weighted by Crippen LogP contribution is -2.49. The van der Waals surface area contributed by atoms with Crippen molar-refractivity contribution in [2.75, 3.05) is 37.6 Å². The van der Waals surface area contributed by atoms with Gasteiger partial charge in [0.1, 0.15) is 0 Å². The molecule has 1 fully saturated rings. The largest absolute Gasteiger partial charge is 0.337 e. The fraction of sp³-hybridized carbons (Fsp3) is 0.286. The van der Waals surface area contributed by atoms with Crippen LogP contribution in [0.1, 0.15) is 15.2 Å². The zero-order valence-electron chi connectivity index (χ0n) is 16.8. The van der Waals surface area contributed by atoms with Gasteiger partial charge in [-0.15, -0.1) is 11.3 Å². The molecular weight excluding hydrogens is 434 g/mol. The van der Waals surface area contributed by atoms with Crippen molar-refractivity contribution in [3.8, 4) is 0 Å². The van der Waals surface area contributed by atoms with Crippen molar-refractivity contribution in [3.63, 3.8) is 0 Å². The highest BCUT2D eigenvalue weighted by atomic mass is 32.2. The number of amides is 1. The summed E-state index contributed by atoms with van der Waals surface area (Å²) in [5.74, 6) is 0.555. The fourth-order valence-electron chi connectivity index (χ4n) is 3.37. The van der Waals surface area contributed by atoms with Crippen LogP contribution in [0, 0.1) is 0 Å². The van der Waals surface area contributed by atoms with Crippen molar-refractivity contribution in [2.45, 2.75) is 11.3 Å². The van der Waals surface area contributed by atoms with E-state index in [-0.39, 0.29) is 10.8 Å². The van der Waals surface area contributed by atoms with Gasteiger partial charge in [-0.3, -0.25) is 4.79 Å². The summed E-state index contributed by atoms with van der Waals surface area (Å²) in [4.78, 5) is 26.4. The second-order valence-corrected chi connectivity index (χ2v) is 9.88. The molecule has 2 aromatic heterocycles. The summed E-state index contributed by atoms with van der Waals surface area (Å²) in [5.41, 5.74) is 0.474. The van der Waals surface area contributed by atoms with Crippen LogP contribution in [0.5, 0.6) is 0 Å². The number of carbonyl (C=O) groups is 1. The molecular formula is C21H23N5O3S2. The lowest BCUT2D eigenvalue weighted by atomic mass is 10.2. The first-order valence-corrected chi connectivity index (χ1v) is 12.3. The Balaban J connectivity index is 1.32. The molecule has 0 atom stereocenters. The molecule has 0 radical (unpaired) electrons. The van der Waals surface area contributed by atoms with Crippen molar-refractivity contribution in [2.24, 2.45) is 0 Å². The number of anilines is 1. The Morgan fingerprint density at radius 2 is 1.71 bits per heavy atom. The van der Waals surface area contributed by atoms with Crippen molar-refractivity contribution < 1.29 is 13.2 Å². The summed E-state index contributed by atoms with van der Waals surface area (Å²) in [6.45, 7) is 2.74. The van der Waals surface area contributed by atoms with Gasteiger partial charge in [0, 0.05) is 55.6 Å². The third kappa shape index (κ3) is 5.27. The number of piperazine rings is 1. The first-order valence-electron chi connectivity index (χ1n) is 9.96. The molecule has 8 nitrogen and oxygen atoms in total. The number of rotatable bonds is 7. The molecule has 1 aliphatic heterocycles. The number of benzene rings is 1. The minimum Gasteiger partial charge on any atom is -0.337 e. The van der Waals surface area contributed by atoms with E-state index in [1.165, 1.54) is 12.1 Å². The lowest BCUT2D eigenvalue weighted by molar-refractivity contribution is 0.0746. The Kier molecular flexibility index (Phi) is 6.59. The first-order chi connectivity index (χ1) is 15.0. The van der Waals surface area contributed by atoms with Gasteiger partial charge in [-0.1, -0.05) is 6.07 Å². The molecule has 1 amide bonds. The zero-order chi connectivity index (χ0) is 21.7. The van der Waals surface area contributed by atoms with E-state index in [0.717, 1.165) is 4.88 Å². The number of thiophene rings is 1. The number of hydrogen-bond acceptors (Lipinski definition) is 7. The lowest BCUT2D eigenvalue weighted by Gasteiger charge is -2.34. The molecule has 162 valence electrons. The predicted molar refractivity (Wildman–Crippen MR) is 120 cm³/mol. The summed E-state index contributed by atoms with van der Waals surface area (Å²) in [6.07, 6.45) is 4.05. The van der Waals surface area contributed by atoms with Crippen LogP contribution in [0.2, 0.25) is 0 Å². The standard InChI is InChI=1S/C21H23N5O3S2/c27-20(25-12-14-26(15-13-25)21-22-9-2-10-23-21)17-4-6-19(7-5-17)31(28,29)24-11-8-18-3-1-16-30-18/h1-7,9-10,16,24H,8,11-15H2.